The summed E-state index contributed by atoms with van der Waals surface area (Å²) in [6, 6.07) is 0.223. The average Bonchev–Trinajstić information content (AvgIpc) is 2.43. The number of rotatable bonds is 10. The third-order valence-electron chi connectivity index (χ3n) is 3.60. The molecule has 1 unspecified atom stereocenters. The van der Waals surface area contributed by atoms with E-state index in [0.29, 0.717) is 0 Å². The first-order valence-electron chi connectivity index (χ1n) is 7.67. The summed E-state index contributed by atoms with van der Waals surface area (Å²) in [5.41, 5.74) is 2.89. The van der Waals surface area contributed by atoms with Gasteiger partial charge in [-0.25, -0.2) is 5.43 Å². The molecule has 3 nitrogen and oxygen atoms in total. The largest absolute Gasteiger partial charge is 0.497 e. The van der Waals surface area contributed by atoms with E-state index in [4.69, 9.17) is 10.6 Å². The van der Waals surface area contributed by atoms with Crippen LogP contribution in [0.2, 0.25) is 0 Å². The van der Waals surface area contributed by atoms with Crippen molar-refractivity contribution in [2.45, 2.75) is 77.2 Å². The van der Waals surface area contributed by atoms with Crippen LogP contribution >= 0.6 is 0 Å². The number of allylic oxidation sites excluding steroid dienone is 1. The van der Waals surface area contributed by atoms with Gasteiger partial charge >= 0.3 is 0 Å². The number of hydrogen-bond acceptors (Lipinski definition) is 3. The number of nitrogens with two attached hydrogens (primary N) is 1. The fourth-order valence-electron chi connectivity index (χ4n) is 2.43. The van der Waals surface area contributed by atoms with Crippen LogP contribution in [-0.2, 0) is 4.74 Å². The van der Waals surface area contributed by atoms with Crippen LogP contribution in [0.5, 0.6) is 0 Å². The molecule has 18 heavy (non-hydrogen) atoms. The minimum absolute atomic E-state index is 0.223. The Hall–Kier alpha value is -0.540. The van der Waals surface area contributed by atoms with E-state index in [9.17, 15) is 0 Å². The first-order valence-corrected chi connectivity index (χ1v) is 7.67. The maximum atomic E-state index is 5.66. The van der Waals surface area contributed by atoms with Gasteiger partial charge in [-0.3, -0.25) is 5.84 Å². The van der Waals surface area contributed by atoms with Crippen molar-refractivity contribution in [3.05, 3.63) is 11.8 Å². The first kappa shape index (κ1) is 15.5. The van der Waals surface area contributed by atoms with E-state index in [-0.39, 0.29) is 6.04 Å². The normalized spacial score (nSPS) is 17.1. The Morgan fingerprint density at radius 1 is 1.22 bits per heavy atom. The molecular weight excluding hydrogens is 224 g/mol. The van der Waals surface area contributed by atoms with E-state index >= 15 is 0 Å². The van der Waals surface area contributed by atoms with E-state index in [1.165, 1.54) is 44.9 Å². The van der Waals surface area contributed by atoms with Gasteiger partial charge in [-0.2, -0.15) is 0 Å². The summed E-state index contributed by atoms with van der Waals surface area (Å²) in [5, 5.41) is 0. The van der Waals surface area contributed by atoms with Crippen LogP contribution in [0.4, 0.5) is 0 Å². The zero-order chi connectivity index (χ0) is 13.1. The second-order valence-corrected chi connectivity index (χ2v) is 5.23. The Morgan fingerprint density at radius 3 is 2.56 bits per heavy atom. The predicted octanol–water partition coefficient (Wildman–Crippen LogP) is 3.65. The smallest absolute Gasteiger partial charge is 0.110 e. The lowest BCUT2D eigenvalue weighted by atomic mass is 10.0. The van der Waals surface area contributed by atoms with Gasteiger partial charge in [0.05, 0.1) is 12.6 Å². The Kier molecular flexibility index (Phi) is 8.96. The van der Waals surface area contributed by atoms with Gasteiger partial charge in [0.15, 0.2) is 0 Å². The highest BCUT2D eigenvalue weighted by Crippen LogP contribution is 2.18. The molecule has 0 aromatic heterocycles. The van der Waals surface area contributed by atoms with Crippen LogP contribution in [0.25, 0.3) is 0 Å². The number of hydrogen-bond donors (Lipinski definition) is 2. The molecular formula is C15H30N2O. The highest BCUT2D eigenvalue weighted by atomic mass is 16.5. The number of hydrazine groups is 1. The van der Waals surface area contributed by atoms with Crippen molar-refractivity contribution in [1.82, 2.24) is 5.43 Å². The number of nitrogens with one attached hydrogen (secondary N) is 1. The molecule has 0 radical (unpaired) electrons. The molecule has 106 valence electrons. The Morgan fingerprint density at radius 2 is 1.94 bits per heavy atom. The molecule has 1 rings (SSSR count). The summed E-state index contributed by atoms with van der Waals surface area (Å²) in [7, 11) is 0. The Balaban J connectivity index is 2.06. The van der Waals surface area contributed by atoms with E-state index in [2.05, 4.69) is 18.4 Å². The number of ether oxygens (including phenoxy) is 1. The minimum atomic E-state index is 0.223. The maximum Gasteiger partial charge on any atom is 0.110 e. The van der Waals surface area contributed by atoms with E-state index in [1.54, 1.807) is 0 Å². The summed E-state index contributed by atoms with van der Waals surface area (Å²) >= 11 is 0. The highest BCUT2D eigenvalue weighted by molar-refractivity contribution is 5.04. The standard InChI is InChI=1S/C15H30N2O/c1-2-3-4-5-6-7-8-11-14(17-16)15-12-9-10-13-18-15/h12,14,17H,2-11,13,16H2,1H3. The second kappa shape index (κ2) is 10.4. The van der Waals surface area contributed by atoms with Crippen molar-refractivity contribution >= 4 is 0 Å². The van der Waals surface area contributed by atoms with Crippen molar-refractivity contribution in [3.63, 3.8) is 0 Å². The summed E-state index contributed by atoms with van der Waals surface area (Å²) in [5.74, 6) is 6.68. The van der Waals surface area contributed by atoms with E-state index < -0.39 is 0 Å². The van der Waals surface area contributed by atoms with Gasteiger partial charge in [0.1, 0.15) is 5.76 Å². The van der Waals surface area contributed by atoms with Crippen LogP contribution in [0, 0.1) is 0 Å². The Labute approximate surface area is 112 Å². The van der Waals surface area contributed by atoms with Gasteiger partial charge in [-0.05, 0) is 25.3 Å². The van der Waals surface area contributed by atoms with Crippen molar-refractivity contribution in [1.29, 1.82) is 0 Å². The van der Waals surface area contributed by atoms with Crippen LogP contribution < -0.4 is 11.3 Å². The molecule has 0 aromatic rings. The topological polar surface area (TPSA) is 47.3 Å². The van der Waals surface area contributed by atoms with Crippen LogP contribution in [0.3, 0.4) is 0 Å². The molecule has 1 aliphatic rings. The lowest BCUT2D eigenvalue weighted by Crippen LogP contribution is -2.38. The molecule has 0 fully saturated rings. The lowest BCUT2D eigenvalue weighted by molar-refractivity contribution is 0.164. The Bertz CT molecular complexity index is 229. The molecule has 1 atom stereocenters. The summed E-state index contributed by atoms with van der Waals surface area (Å²) < 4.78 is 5.66. The lowest BCUT2D eigenvalue weighted by Gasteiger charge is -2.23. The van der Waals surface area contributed by atoms with Crippen molar-refractivity contribution in [2.75, 3.05) is 6.61 Å². The molecule has 1 heterocycles. The molecule has 3 N–H and O–H groups in total. The minimum Gasteiger partial charge on any atom is -0.497 e. The second-order valence-electron chi connectivity index (χ2n) is 5.23. The third kappa shape index (κ3) is 6.41. The SMILES string of the molecule is CCCCCCCCCC(NN)C1=CCCCO1. The van der Waals surface area contributed by atoms with Gasteiger partial charge in [0, 0.05) is 0 Å². The van der Waals surface area contributed by atoms with Crippen molar-refractivity contribution in [2.24, 2.45) is 5.84 Å². The van der Waals surface area contributed by atoms with Gasteiger partial charge in [0.2, 0.25) is 0 Å². The molecule has 0 bridgehead atoms. The molecule has 0 aliphatic carbocycles. The van der Waals surface area contributed by atoms with Gasteiger partial charge in [-0.1, -0.05) is 51.9 Å². The molecule has 3 heteroatoms. The number of unbranched alkanes of at least 4 members (excludes halogenated alkanes) is 6. The summed E-state index contributed by atoms with van der Waals surface area (Å²) in [4.78, 5) is 0. The first-order chi connectivity index (χ1) is 8.88. The third-order valence-corrected chi connectivity index (χ3v) is 3.60. The highest BCUT2D eigenvalue weighted by Gasteiger charge is 2.15. The fraction of sp³-hybridized carbons (Fsp3) is 0.867. The van der Waals surface area contributed by atoms with Crippen LogP contribution in [0.1, 0.15) is 71.1 Å². The summed E-state index contributed by atoms with van der Waals surface area (Å²) in [6.45, 7) is 3.11. The average molecular weight is 254 g/mol. The molecule has 1 aliphatic heterocycles. The molecule has 0 aromatic carbocycles. The fourth-order valence-corrected chi connectivity index (χ4v) is 2.43. The zero-order valence-corrected chi connectivity index (χ0v) is 11.9. The van der Waals surface area contributed by atoms with Crippen molar-refractivity contribution < 1.29 is 4.74 Å². The van der Waals surface area contributed by atoms with Crippen LogP contribution in [0.15, 0.2) is 11.8 Å². The molecule has 0 spiro atoms. The molecule has 0 saturated heterocycles. The monoisotopic (exact) mass is 254 g/mol. The van der Waals surface area contributed by atoms with Crippen molar-refractivity contribution in [3.8, 4) is 0 Å². The predicted molar refractivity (Wildman–Crippen MR) is 77.0 cm³/mol. The van der Waals surface area contributed by atoms with Crippen LogP contribution in [-0.4, -0.2) is 12.6 Å². The van der Waals surface area contributed by atoms with E-state index in [0.717, 1.165) is 31.6 Å². The molecule has 0 amide bonds. The van der Waals surface area contributed by atoms with Gasteiger partial charge in [0.25, 0.3) is 0 Å². The van der Waals surface area contributed by atoms with E-state index in [1.807, 2.05) is 0 Å². The van der Waals surface area contributed by atoms with Gasteiger partial charge < -0.3 is 4.74 Å². The molecule has 0 saturated carbocycles. The maximum absolute atomic E-state index is 5.66. The van der Waals surface area contributed by atoms with Gasteiger partial charge in [-0.15, -0.1) is 0 Å². The quantitative estimate of drug-likeness (QED) is 0.355. The zero-order valence-electron chi connectivity index (χ0n) is 11.9. The summed E-state index contributed by atoms with van der Waals surface area (Å²) in [6.07, 6.45) is 14.9.